The number of carbonyl (C=O) groups excluding carboxylic acids is 1. The number of piperidine rings is 1. The van der Waals surface area contributed by atoms with Crippen LogP contribution in [0.5, 0.6) is 0 Å². The first-order chi connectivity index (χ1) is 16.5. The summed E-state index contributed by atoms with van der Waals surface area (Å²) >= 11 is 0. The number of fused-ring (bicyclic) bond motifs is 1. The third-order valence-corrected chi connectivity index (χ3v) is 7.47. The van der Waals surface area contributed by atoms with Gasteiger partial charge in [0.05, 0.1) is 17.2 Å². The molecule has 0 aromatic heterocycles. The van der Waals surface area contributed by atoms with Gasteiger partial charge in [0.25, 0.3) is 0 Å². The highest BCUT2D eigenvalue weighted by Crippen LogP contribution is 2.36. The van der Waals surface area contributed by atoms with Crippen LogP contribution < -0.4 is 11.1 Å². The largest absolute Gasteiger partial charge is 0.399 e. The van der Waals surface area contributed by atoms with Crippen LogP contribution in [0.15, 0.2) is 42.5 Å². The minimum Gasteiger partial charge on any atom is -0.399 e. The molecule has 0 radical (unpaired) electrons. The molecule has 3 aliphatic heterocycles. The molecule has 6 nitrogen and oxygen atoms in total. The van der Waals surface area contributed by atoms with Gasteiger partial charge in [0.1, 0.15) is 0 Å². The molecule has 2 fully saturated rings. The van der Waals surface area contributed by atoms with Crippen LogP contribution in [-0.2, 0) is 16.0 Å². The first-order valence-electron chi connectivity index (χ1n) is 12.5. The highest BCUT2D eigenvalue weighted by atomic mass is 16.5. The second-order valence-electron chi connectivity index (χ2n) is 9.85. The molecule has 1 amide bonds. The Morgan fingerprint density at radius 2 is 2.03 bits per heavy atom. The van der Waals surface area contributed by atoms with Crippen LogP contribution >= 0.6 is 0 Å². The number of anilines is 2. The van der Waals surface area contributed by atoms with E-state index < -0.39 is 0 Å². The van der Waals surface area contributed by atoms with Crippen LogP contribution in [0.3, 0.4) is 0 Å². The van der Waals surface area contributed by atoms with Gasteiger partial charge in [-0.3, -0.25) is 4.79 Å². The smallest absolute Gasteiger partial charge is 0.222 e. The van der Waals surface area contributed by atoms with Gasteiger partial charge in [0, 0.05) is 44.0 Å². The van der Waals surface area contributed by atoms with Gasteiger partial charge >= 0.3 is 0 Å². The first kappa shape index (κ1) is 24.1. The van der Waals surface area contributed by atoms with Crippen LogP contribution in [0, 0.1) is 24.2 Å². The molecular weight excluding hydrogens is 424 g/mol. The molecule has 1 spiro atoms. The monoisotopic (exact) mass is 460 g/mol. The third-order valence-electron chi connectivity index (χ3n) is 7.47. The van der Waals surface area contributed by atoms with Crippen molar-refractivity contribution >= 4 is 17.3 Å². The highest BCUT2D eigenvalue weighted by Gasteiger charge is 2.39. The second-order valence-corrected chi connectivity index (χ2v) is 9.85. The number of para-hydroxylation sites is 1. The van der Waals surface area contributed by atoms with E-state index in [9.17, 15) is 4.79 Å². The fourth-order valence-electron chi connectivity index (χ4n) is 5.27. The number of carbonyl (C=O) groups is 1. The van der Waals surface area contributed by atoms with E-state index in [1.54, 1.807) is 12.1 Å². The number of likely N-dealkylation sites (tertiary alicyclic amines) is 1. The van der Waals surface area contributed by atoms with Crippen LogP contribution in [-0.4, -0.2) is 42.6 Å². The van der Waals surface area contributed by atoms with E-state index in [2.05, 4.69) is 40.6 Å². The van der Waals surface area contributed by atoms with Gasteiger partial charge in [0.2, 0.25) is 5.91 Å². The number of ether oxygens (including phenoxy) is 1. The van der Waals surface area contributed by atoms with E-state index in [1.807, 2.05) is 13.0 Å². The van der Waals surface area contributed by atoms with E-state index in [4.69, 9.17) is 15.7 Å². The lowest BCUT2D eigenvalue weighted by Gasteiger charge is -2.38. The second kappa shape index (κ2) is 10.9. The molecule has 3 N–H and O–H groups in total. The highest BCUT2D eigenvalue weighted by molar-refractivity contribution is 5.76. The van der Waals surface area contributed by atoms with Crippen molar-refractivity contribution in [2.45, 2.75) is 57.5 Å². The average molecular weight is 461 g/mol. The SMILES string of the molecule is Cc1ccc(N)cc1C#N.O=C(CCC1CNc2ccccc2C1)N1CCC2(CCCO2)CC1. The third kappa shape index (κ3) is 5.90. The maximum Gasteiger partial charge on any atom is 0.222 e. The molecule has 3 heterocycles. The molecule has 2 aromatic rings. The molecule has 2 aromatic carbocycles. The standard InChI is InChI=1S/C20H28N2O2.C8H8N2/c23-19(22-11-9-20(10-12-22)8-3-13-24-20)7-6-16-14-17-4-1-2-5-18(17)21-15-16;1-6-2-3-8(10)4-7(6)5-9/h1-2,4-5,16,21H,3,6-15H2;2-4H,10H2,1H3. The van der Waals surface area contributed by atoms with Crippen LogP contribution in [0.4, 0.5) is 11.4 Å². The van der Waals surface area contributed by atoms with Crippen molar-refractivity contribution in [3.63, 3.8) is 0 Å². The maximum atomic E-state index is 12.6. The Bertz CT molecular complexity index is 1030. The van der Waals surface area contributed by atoms with Crippen molar-refractivity contribution in [2.24, 2.45) is 5.92 Å². The number of hydrogen-bond acceptors (Lipinski definition) is 5. The Morgan fingerprint density at radius 1 is 1.24 bits per heavy atom. The van der Waals surface area contributed by atoms with Gasteiger partial charge in [0.15, 0.2) is 0 Å². The molecule has 180 valence electrons. The van der Waals surface area contributed by atoms with Crippen molar-refractivity contribution < 1.29 is 9.53 Å². The van der Waals surface area contributed by atoms with E-state index >= 15 is 0 Å². The molecule has 0 aliphatic carbocycles. The lowest BCUT2D eigenvalue weighted by atomic mass is 9.88. The number of nitrogens with zero attached hydrogens (tertiary/aromatic N) is 2. The molecule has 1 atom stereocenters. The van der Waals surface area contributed by atoms with Crippen LogP contribution in [0.2, 0.25) is 0 Å². The molecule has 0 bridgehead atoms. The van der Waals surface area contributed by atoms with Crippen molar-refractivity contribution in [2.75, 3.05) is 37.3 Å². The fraction of sp³-hybridized carbons (Fsp3) is 0.500. The van der Waals surface area contributed by atoms with Crippen LogP contribution in [0.25, 0.3) is 0 Å². The number of nitrogens with two attached hydrogens (primary N) is 1. The maximum absolute atomic E-state index is 12.6. The van der Waals surface area contributed by atoms with Crippen molar-refractivity contribution in [1.82, 2.24) is 4.90 Å². The number of amides is 1. The topological polar surface area (TPSA) is 91.4 Å². The zero-order chi connectivity index (χ0) is 24.0. The van der Waals surface area contributed by atoms with E-state index in [0.29, 0.717) is 29.5 Å². The predicted molar refractivity (Wildman–Crippen MR) is 135 cm³/mol. The number of benzene rings is 2. The summed E-state index contributed by atoms with van der Waals surface area (Å²) in [5.41, 5.74) is 10.5. The Kier molecular flexibility index (Phi) is 7.74. The molecule has 5 rings (SSSR count). The predicted octanol–water partition coefficient (Wildman–Crippen LogP) is 4.67. The van der Waals surface area contributed by atoms with E-state index in [1.165, 1.54) is 24.1 Å². The van der Waals surface area contributed by atoms with Gasteiger partial charge in [-0.15, -0.1) is 0 Å². The van der Waals surface area contributed by atoms with Gasteiger partial charge < -0.3 is 20.7 Å². The van der Waals surface area contributed by atoms with E-state index in [-0.39, 0.29) is 5.60 Å². The Morgan fingerprint density at radius 3 is 2.74 bits per heavy atom. The van der Waals surface area contributed by atoms with E-state index in [0.717, 1.165) is 57.5 Å². The van der Waals surface area contributed by atoms with Gasteiger partial charge in [-0.05, 0) is 80.7 Å². The molecule has 6 heteroatoms. The summed E-state index contributed by atoms with van der Waals surface area (Å²) in [7, 11) is 0. The van der Waals surface area contributed by atoms with Crippen molar-refractivity contribution in [3.8, 4) is 6.07 Å². The zero-order valence-electron chi connectivity index (χ0n) is 20.2. The zero-order valence-corrected chi connectivity index (χ0v) is 20.2. The summed E-state index contributed by atoms with van der Waals surface area (Å²) in [6.45, 7) is 5.54. The number of nitriles is 1. The van der Waals surface area contributed by atoms with Gasteiger partial charge in [-0.2, -0.15) is 5.26 Å². The quantitative estimate of drug-likeness (QED) is 0.650. The Balaban J connectivity index is 0.000000231. The van der Waals surface area contributed by atoms with Crippen LogP contribution in [0.1, 0.15) is 55.2 Å². The number of hydrogen-bond donors (Lipinski definition) is 2. The Labute approximate surface area is 203 Å². The lowest BCUT2D eigenvalue weighted by Crippen LogP contribution is -2.46. The number of nitrogen functional groups attached to an aromatic ring is 1. The lowest BCUT2D eigenvalue weighted by molar-refractivity contribution is -0.136. The summed E-state index contributed by atoms with van der Waals surface area (Å²) < 4.78 is 5.95. The molecule has 3 aliphatic rings. The van der Waals surface area contributed by atoms with Gasteiger partial charge in [-0.25, -0.2) is 0 Å². The van der Waals surface area contributed by atoms with Crippen molar-refractivity contribution in [1.29, 1.82) is 5.26 Å². The minimum absolute atomic E-state index is 0.105. The molecule has 0 saturated carbocycles. The average Bonchev–Trinajstić information content (AvgIpc) is 3.32. The molecular formula is C28H36N4O2. The number of rotatable bonds is 3. The normalized spacial score (nSPS) is 20.5. The first-order valence-corrected chi connectivity index (χ1v) is 12.5. The molecule has 34 heavy (non-hydrogen) atoms. The summed E-state index contributed by atoms with van der Waals surface area (Å²) in [6.07, 6.45) is 7.18. The minimum atomic E-state index is 0.105. The number of nitrogens with one attached hydrogen (secondary N) is 1. The Hall–Kier alpha value is -3.04. The summed E-state index contributed by atoms with van der Waals surface area (Å²) in [5, 5.41) is 12.0. The molecule has 1 unspecified atom stereocenters. The number of aryl methyl sites for hydroxylation is 1. The van der Waals surface area contributed by atoms with Crippen molar-refractivity contribution in [3.05, 3.63) is 59.2 Å². The summed E-state index contributed by atoms with van der Waals surface area (Å²) in [6, 6.07) is 15.9. The van der Waals surface area contributed by atoms with Gasteiger partial charge in [-0.1, -0.05) is 24.3 Å². The summed E-state index contributed by atoms with van der Waals surface area (Å²) in [5.74, 6) is 0.903. The summed E-state index contributed by atoms with van der Waals surface area (Å²) in [4.78, 5) is 14.6. The molecule has 2 saturated heterocycles. The fourth-order valence-corrected chi connectivity index (χ4v) is 5.27.